The van der Waals surface area contributed by atoms with Gasteiger partial charge in [0.2, 0.25) is 0 Å². The van der Waals surface area contributed by atoms with E-state index in [1.54, 1.807) is 71.7 Å². The fourth-order valence-corrected chi connectivity index (χ4v) is 14.0. The van der Waals surface area contributed by atoms with E-state index in [2.05, 4.69) is 26.5 Å². The van der Waals surface area contributed by atoms with Crippen LogP contribution < -0.4 is 24.6 Å². The van der Waals surface area contributed by atoms with Crippen LogP contribution in [0, 0.1) is 28.5 Å². The van der Waals surface area contributed by atoms with Crippen molar-refractivity contribution >= 4 is 520 Å². The molecule has 7 rings (SSSR count). The molecule has 13 nitrogen and oxygen atoms in total. The largest absolute Gasteiger partial charge is 1.00 e. The molecular formula is C39H41AlB69FLiN9O4. The number of ether oxygens (including phenoxy) is 1. The van der Waals surface area contributed by atoms with Crippen molar-refractivity contribution in [3.05, 3.63) is 149 Å². The first-order chi connectivity index (χ1) is 56.9. The number of carbonyl (C=O) groups excluding carboxylic acids is 2. The van der Waals surface area contributed by atoms with Crippen molar-refractivity contribution in [2.75, 3.05) is 13.2 Å². The van der Waals surface area contributed by atoms with Crippen LogP contribution >= 0.6 is 0 Å². The summed E-state index contributed by atoms with van der Waals surface area (Å²) in [5.41, 5.74) is 10.5. The van der Waals surface area contributed by atoms with E-state index < -0.39 is 204 Å². The molecule has 0 bridgehead atoms. The summed E-state index contributed by atoms with van der Waals surface area (Å²) in [5, 5.41) is 40.5. The van der Waals surface area contributed by atoms with E-state index in [1.165, 1.54) is 50.6 Å². The van der Waals surface area contributed by atoms with Crippen molar-refractivity contribution in [2.45, 2.75) is 39.8 Å². The Hall–Kier alpha value is -0.970. The number of aromatic amines is 1. The van der Waals surface area contributed by atoms with Crippen LogP contribution in [0.5, 0.6) is 0 Å². The molecule has 3 aromatic heterocycles. The van der Waals surface area contributed by atoms with E-state index in [9.17, 15) is 14.0 Å². The van der Waals surface area contributed by atoms with Gasteiger partial charge < -0.3 is 17.0 Å². The van der Waals surface area contributed by atoms with Crippen LogP contribution in [-0.4, -0.2) is 568 Å². The Balaban J connectivity index is -0.000000687. The topological polar surface area (TPSA) is 202 Å². The maximum atomic E-state index is 12.4. The van der Waals surface area contributed by atoms with Crippen molar-refractivity contribution < 1.29 is 44.1 Å². The standard InChI is InChI=1S/C12H9N3O.C11H13N3O.C7H4FN.C5H6N2O.C4H8O.Al.B24.B23.B22.Li.H/c1-9(16)11-6-7-15(14-11)12-5-3-2-4-10(12)8-13;12-7-9-3-1-2-4-11(9)14-6-5-10(8-15)13-14;8-7-4-2-1-3-6(7)5-9;1-4(8)5-2-3-6-7-5;1-2-4-5-3-1;;1-14(2)20(13)23(19(11)12)24(21(15(3)4)16(5)6)22(17(7)8)18(9)10;1-13-19(12)22(18(10)11)23(20(14(2)3)15(4)5)21(16(6)7)17(8)9;1-13(2)19(14(3)4)22(20(15(5)6)16(7)8)21(17(9)10)18(11)12;;/h2-7H,1H3;1-6,15H,7-8,12H2;1-4H;2-3H,1H3,(H,6,7);1-4H2;;;;;;/q;;;;;;;;;+1;-1. The summed E-state index contributed by atoms with van der Waals surface area (Å²) in [7, 11) is 217. The first-order valence-electron chi connectivity index (χ1n) is 38.4. The normalized spacial score (nSPS) is 9.86. The summed E-state index contributed by atoms with van der Waals surface area (Å²) in [4.78, 5) is 21.5. The quantitative estimate of drug-likeness (QED) is 0.0254. The number of ketones is 2. The Kier molecular flexibility index (Phi) is 69.0. The van der Waals surface area contributed by atoms with Gasteiger partial charge in [-0.25, -0.2) is 13.8 Å². The van der Waals surface area contributed by atoms with Gasteiger partial charge in [-0.3, -0.25) is 14.7 Å². The summed E-state index contributed by atoms with van der Waals surface area (Å²) < 4.78 is 20.6. The van der Waals surface area contributed by atoms with Gasteiger partial charge in [-0.1, -0.05) is 42.5 Å². The second-order valence-electron chi connectivity index (χ2n) is 29.1. The van der Waals surface area contributed by atoms with Crippen LogP contribution in [0.4, 0.5) is 4.39 Å². The van der Waals surface area contributed by atoms with Gasteiger partial charge in [-0.15, -0.1) is 0 Å². The van der Waals surface area contributed by atoms with Crippen molar-refractivity contribution in [1.29, 1.82) is 10.5 Å². The molecule has 1 fully saturated rings. The van der Waals surface area contributed by atoms with Gasteiger partial charge in [-0.05, 0) is 66.9 Å². The Bertz CT molecular complexity index is 3770. The van der Waals surface area contributed by atoms with E-state index in [-0.39, 0.29) is 61.4 Å². The number of para-hydroxylation sites is 2. The predicted octanol–water partition coefficient (Wildman–Crippen LogP) is -23.7. The average molecular weight is 1500 g/mol. The monoisotopic (exact) mass is 1510 g/mol. The Labute approximate surface area is 828 Å². The molecule has 78 radical (unpaired) electrons. The molecule has 1 aliphatic rings. The zero-order chi connectivity index (χ0) is 94.0. The number of nitrogens with zero attached hydrogens (tertiary/aromatic N) is 7. The average Bonchev–Trinajstić information content (AvgIpc) is 1.70. The number of carbonyl (C=O) groups is 2. The van der Waals surface area contributed by atoms with Gasteiger partial charge in [0.1, 0.15) is 29.3 Å². The number of aliphatic hydroxyl groups excluding tert-OH is 1. The summed E-state index contributed by atoms with van der Waals surface area (Å²) in [5.74, 6) is -0.532. The summed E-state index contributed by atoms with van der Waals surface area (Å²) in [6.45, 7) is 5.39. The number of hydrogen-bond donors (Lipinski definition) is 3. The number of halogens is 1. The van der Waals surface area contributed by atoms with Crippen LogP contribution in [0.2, 0.25) is 0 Å². The van der Waals surface area contributed by atoms with Gasteiger partial charge in [-0.2, -0.15) is 25.8 Å². The fourth-order valence-electron chi connectivity index (χ4n) is 14.0. The molecule has 0 atom stereocenters. The molecule has 3 aromatic carbocycles. The van der Waals surface area contributed by atoms with Gasteiger partial charge in [0.25, 0.3) is 0 Å². The second-order valence-corrected chi connectivity index (χ2v) is 29.1. The molecule has 0 amide bonds. The molecule has 4 heterocycles. The third-order valence-electron chi connectivity index (χ3n) is 19.9. The molecule has 1 saturated heterocycles. The molecule has 0 spiro atoms. The molecule has 1 aliphatic heterocycles. The minimum Gasteiger partial charge on any atom is -1.00 e. The Morgan fingerprint density at radius 1 is 0.460 bits per heavy atom. The molecule has 0 aliphatic carbocycles. The molecule has 85 heteroatoms. The van der Waals surface area contributed by atoms with E-state index >= 15 is 0 Å². The zero-order valence-electron chi connectivity index (χ0n) is 71.8. The van der Waals surface area contributed by atoms with Crippen LogP contribution in [0.15, 0.2) is 110 Å². The molecule has 0 unspecified atom stereocenters. The third kappa shape index (κ3) is 43.6. The third-order valence-corrected chi connectivity index (χ3v) is 19.9. The van der Waals surface area contributed by atoms with Crippen LogP contribution in [-0.2, 0) is 17.9 Å². The second kappa shape index (κ2) is 67.3. The number of nitrogens with two attached hydrogens (primary N) is 1. The van der Waals surface area contributed by atoms with Crippen molar-refractivity contribution in [1.82, 2.24) is 29.8 Å². The first-order valence-corrected chi connectivity index (χ1v) is 38.4. The maximum Gasteiger partial charge on any atom is 1.00 e. The number of hydrogen-bond acceptors (Lipinski definition) is 10. The Morgan fingerprint density at radius 2 is 0.790 bits per heavy atom. The molecule has 0 saturated carbocycles. The van der Waals surface area contributed by atoms with E-state index in [0.29, 0.717) is 34.9 Å². The van der Waals surface area contributed by atoms with Crippen LogP contribution in [0.1, 0.15) is 71.5 Å². The number of rotatable bonds is 35. The molecule has 6 aromatic rings. The minimum atomic E-state index is -0.973. The number of H-pyrrole nitrogens is 1. The zero-order valence-corrected chi connectivity index (χ0v) is 72.0. The summed E-state index contributed by atoms with van der Waals surface area (Å²) in [6, 6.07) is 29.7. The van der Waals surface area contributed by atoms with Gasteiger partial charge >= 0.3 is 18.9 Å². The summed E-state index contributed by atoms with van der Waals surface area (Å²) in [6.07, 6.45) is -18.3. The molecule has 484 valence electrons. The van der Waals surface area contributed by atoms with Crippen molar-refractivity contribution in [3.63, 3.8) is 0 Å². The summed E-state index contributed by atoms with van der Waals surface area (Å²) >= 11 is 0. The number of aliphatic hydroxyl groups is 1. The van der Waals surface area contributed by atoms with Gasteiger partial charge in [0, 0.05) is 561 Å². The van der Waals surface area contributed by atoms with E-state index in [1.807, 2.05) is 36.5 Å². The van der Waals surface area contributed by atoms with Crippen molar-refractivity contribution in [3.8, 4) is 23.5 Å². The van der Waals surface area contributed by atoms with Gasteiger partial charge in [0.05, 0.1) is 34.8 Å². The van der Waals surface area contributed by atoms with Crippen LogP contribution in [0.3, 0.4) is 0 Å². The fraction of sp³-hybridized carbons (Fsp3) is 0.205. The number of Topliss-reactive ketones (excluding diaryl/α,β-unsaturated/α-hetero) is 2. The smallest absolute Gasteiger partial charge is 1.00 e. The predicted molar refractivity (Wildman–Crippen MR) is 599 cm³/mol. The van der Waals surface area contributed by atoms with E-state index in [0.717, 1.165) is 24.5 Å². The molecular weight excluding hydrogens is 1460 g/mol. The number of nitrogens with one attached hydrogen (secondary N) is 1. The number of nitriles is 2. The first kappa shape index (κ1) is 127. The minimum absolute atomic E-state index is 0. The van der Waals surface area contributed by atoms with Gasteiger partial charge in [0.15, 0.2) is 11.6 Å². The maximum absolute atomic E-state index is 12.4. The van der Waals surface area contributed by atoms with E-state index in [4.69, 9.17) is 312 Å². The van der Waals surface area contributed by atoms with Crippen molar-refractivity contribution in [2.24, 2.45) is 5.73 Å². The number of aromatic nitrogens is 6. The van der Waals surface area contributed by atoms with Crippen LogP contribution in [0.25, 0.3) is 11.4 Å². The SMILES string of the molecule is C1CCOC1.CC(=O)c1ccn(-c2ccccc2C#N)n1.CC(=O)c1ccn[nH]1.N#Cc1ccccc1F.NCc1ccccc1-n1ccc(CO)n1.[Al].[B]B([B])B(B([B])[B])B(B(B([B])[B])B([B])[B])B(B([B])[B])B([B])[B].[B]B([B])B([B])B(B([B])[B])B(B(B([B])[B])B([B])[B])B(B([B])[B])B([B])[B].[B][B]B([B])B(B([B])[B])B(B(B([B])[B])B([B])[B])B(B([B])[B])B([B])[B].[H-].[Li+]. The molecule has 4 N–H and O–H groups in total. The molecule has 124 heavy (non-hydrogen) atoms. The Morgan fingerprint density at radius 3 is 1.06 bits per heavy atom. The number of benzene rings is 3.